The highest BCUT2D eigenvalue weighted by atomic mass is 35.5. The summed E-state index contributed by atoms with van der Waals surface area (Å²) in [6, 6.07) is 19.2. The Morgan fingerprint density at radius 1 is 0.680 bits per heavy atom. The van der Waals surface area contributed by atoms with Crippen molar-refractivity contribution in [1.29, 1.82) is 0 Å². The number of carbonyl (C=O) groups excluding carboxylic acids is 2. The van der Waals surface area contributed by atoms with Gasteiger partial charge in [0.15, 0.2) is 0 Å². The molecule has 0 unspecified atom stereocenters. The second-order valence-corrected chi connectivity index (χ2v) is 15.3. The van der Waals surface area contributed by atoms with E-state index >= 15 is 0 Å². The first-order valence-corrected chi connectivity index (χ1v) is 17.6. The molecule has 0 fully saturated rings. The molecule has 0 saturated carbocycles. The molecule has 2 aromatic carbocycles. The summed E-state index contributed by atoms with van der Waals surface area (Å²) in [6.07, 6.45) is -7.86. The van der Waals surface area contributed by atoms with Gasteiger partial charge in [-0.3, -0.25) is 9.59 Å². The summed E-state index contributed by atoms with van der Waals surface area (Å²) in [5, 5.41) is 0. The highest BCUT2D eigenvalue weighted by Crippen LogP contribution is 2.43. The third-order valence-electron chi connectivity index (χ3n) is 8.37. The second kappa shape index (κ2) is 15.3. The molecule has 2 aromatic heterocycles. The topological polar surface area (TPSA) is 40.6 Å². The van der Waals surface area contributed by atoms with Crippen LogP contribution in [0.4, 0.5) is 26.3 Å². The number of amides is 2. The third kappa shape index (κ3) is 9.39. The van der Waals surface area contributed by atoms with E-state index in [2.05, 4.69) is 0 Å². The van der Waals surface area contributed by atoms with Gasteiger partial charge < -0.3 is 9.80 Å². The fraction of sp³-hybridized carbons (Fsp3) is 0.278. The quantitative estimate of drug-likeness (QED) is 0.153. The van der Waals surface area contributed by atoms with E-state index in [0.29, 0.717) is 33.9 Å². The lowest BCUT2D eigenvalue weighted by Gasteiger charge is -2.33. The number of hydrogen-bond donors (Lipinski definition) is 0. The van der Waals surface area contributed by atoms with Gasteiger partial charge in [0.05, 0.1) is 8.67 Å². The Morgan fingerprint density at radius 2 is 1.04 bits per heavy atom. The van der Waals surface area contributed by atoms with Gasteiger partial charge in [-0.25, -0.2) is 0 Å². The van der Waals surface area contributed by atoms with Gasteiger partial charge in [0.25, 0.3) is 0 Å². The largest absolute Gasteiger partial charge is 0.409 e. The molecule has 0 N–H and O–H groups in total. The van der Waals surface area contributed by atoms with Crippen molar-refractivity contribution in [3.05, 3.63) is 137 Å². The zero-order valence-corrected chi connectivity index (χ0v) is 29.8. The summed E-state index contributed by atoms with van der Waals surface area (Å²) >= 11 is 15.2. The molecular formula is C36H30Cl2F6N2O2S2. The minimum atomic E-state index is -4.50. The number of nitrogens with zero attached hydrogens (tertiary/aromatic N) is 2. The molecule has 0 spiro atoms. The number of halogens is 8. The molecule has 14 heteroatoms. The molecule has 2 atom stereocenters. The van der Waals surface area contributed by atoms with Crippen molar-refractivity contribution in [1.82, 2.24) is 9.80 Å². The van der Waals surface area contributed by atoms with Crippen LogP contribution in [0, 0.1) is 13.8 Å². The van der Waals surface area contributed by atoms with Crippen molar-refractivity contribution in [3.63, 3.8) is 0 Å². The maximum Gasteiger partial charge on any atom is 0.409 e. The van der Waals surface area contributed by atoms with Crippen LogP contribution in [0.1, 0.15) is 55.0 Å². The van der Waals surface area contributed by atoms with Crippen LogP contribution in [-0.4, -0.2) is 47.1 Å². The molecular weight excluding hydrogens is 741 g/mol. The molecule has 2 aliphatic heterocycles. The van der Waals surface area contributed by atoms with Gasteiger partial charge in [-0.15, -0.1) is 22.7 Å². The van der Waals surface area contributed by atoms with Gasteiger partial charge in [-0.2, -0.15) is 26.3 Å². The molecule has 264 valence electrons. The van der Waals surface area contributed by atoms with Crippen molar-refractivity contribution in [2.24, 2.45) is 0 Å². The minimum absolute atomic E-state index is 0.0196. The Morgan fingerprint density at radius 3 is 1.38 bits per heavy atom. The fourth-order valence-corrected chi connectivity index (χ4v) is 8.89. The smallest absolute Gasteiger partial charge is 0.334 e. The summed E-state index contributed by atoms with van der Waals surface area (Å²) in [7, 11) is 0. The summed E-state index contributed by atoms with van der Waals surface area (Å²) in [4.78, 5) is 29.5. The first kappa shape index (κ1) is 37.7. The van der Waals surface area contributed by atoms with E-state index < -0.39 is 24.2 Å². The Bertz CT molecular complexity index is 1790. The van der Waals surface area contributed by atoms with Gasteiger partial charge in [0.1, 0.15) is 0 Å². The van der Waals surface area contributed by atoms with Crippen LogP contribution in [0.3, 0.4) is 0 Å². The van der Waals surface area contributed by atoms with Crippen LogP contribution in [0.2, 0.25) is 8.67 Å². The molecule has 2 amide bonds. The van der Waals surface area contributed by atoms with E-state index in [9.17, 15) is 35.9 Å². The lowest BCUT2D eigenvalue weighted by molar-refractivity contribution is -0.128. The standard InChI is InChI=1S/2C18H15ClF3NOS/c2*1-11-4-2-3-5-13(11)14-10-23(16(24)6-7-18(20,21)22)9-12-8-15(19)25-17(12)14/h2*2-8,14H,9-10H2,1H3/b2*7-6+/t2*14-/m10/s1. The second-order valence-electron chi connectivity index (χ2n) is 11.9. The predicted molar refractivity (Wildman–Crippen MR) is 186 cm³/mol. The van der Waals surface area contributed by atoms with E-state index in [-0.39, 0.29) is 37.1 Å². The highest BCUT2D eigenvalue weighted by Gasteiger charge is 2.34. The zero-order valence-electron chi connectivity index (χ0n) is 26.6. The monoisotopic (exact) mass is 770 g/mol. The Labute approximate surface area is 303 Å². The molecule has 0 bridgehead atoms. The van der Waals surface area contributed by atoms with E-state index in [0.717, 1.165) is 43.1 Å². The lowest BCUT2D eigenvalue weighted by atomic mass is 9.88. The number of thiophene rings is 2. The average Bonchev–Trinajstić information content (AvgIpc) is 3.62. The molecule has 0 aliphatic carbocycles. The van der Waals surface area contributed by atoms with E-state index in [4.69, 9.17) is 23.2 Å². The Kier molecular flexibility index (Phi) is 11.6. The van der Waals surface area contributed by atoms with Gasteiger partial charge >= 0.3 is 12.4 Å². The molecule has 4 aromatic rings. The average molecular weight is 772 g/mol. The lowest BCUT2D eigenvalue weighted by Crippen LogP contribution is -2.37. The van der Waals surface area contributed by atoms with Gasteiger partial charge in [-0.05, 0) is 59.4 Å². The zero-order chi connectivity index (χ0) is 36.4. The predicted octanol–water partition coefficient (Wildman–Crippen LogP) is 10.6. The van der Waals surface area contributed by atoms with E-state index in [1.165, 1.54) is 32.5 Å². The molecule has 0 saturated heterocycles. The molecule has 4 nitrogen and oxygen atoms in total. The van der Waals surface area contributed by atoms with Crippen molar-refractivity contribution in [2.75, 3.05) is 13.1 Å². The van der Waals surface area contributed by atoms with Crippen LogP contribution in [0.25, 0.3) is 0 Å². The molecule has 0 radical (unpaired) electrons. The number of aryl methyl sites for hydroxylation is 2. The SMILES string of the molecule is Cc1ccccc1[C@@H]1CN(C(=O)/C=C/C(F)(F)F)Cc2cc(Cl)sc21.Cc1ccccc1[C@H]1CN(C(=O)/C=C/C(F)(F)F)Cc2cc(Cl)sc21. The van der Waals surface area contributed by atoms with Gasteiger partial charge in [0, 0.05) is 72.1 Å². The summed E-state index contributed by atoms with van der Waals surface area (Å²) in [5.41, 5.74) is 6.04. The highest BCUT2D eigenvalue weighted by molar-refractivity contribution is 7.16. The van der Waals surface area contributed by atoms with Crippen molar-refractivity contribution < 1.29 is 35.9 Å². The number of benzene rings is 2. The van der Waals surface area contributed by atoms with Crippen molar-refractivity contribution in [3.8, 4) is 0 Å². The molecule has 4 heterocycles. The van der Waals surface area contributed by atoms with Crippen LogP contribution >= 0.6 is 45.9 Å². The van der Waals surface area contributed by atoms with Crippen molar-refractivity contribution >= 4 is 57.7 Å². The first-order valence-electron chi connectivity index (χ1n) is 15.3. The normalized spacial score (nSPS) is 17.8. The summed E-state index contributed by atoms with van der Waals surface area (Å²) in [6.45, 7) is 5.15. The van der Waals surface area contributed by atoms with E-state index in [1.54, 1.807) is 12.1 Å². The summed E-state index contributed by atoms with van der Waals surface area (Å²) in [5.74, 6) is -1.48. The van der Waals surface area contributed by atoms with Crippen LogP contribution in [0.5, 0.6) is 0 Å². The number of rotatable bonds is 4. The molecule has 6 rings (SSSR count). The minimum Gasteiger partial charge on any atom is -0.334 e. The Hall–Kier alpha value is -3.58. The van der Waals surface area contributed by atoms with Gasteiger partial charge in [0.2, 0.25) is 11.8 Å². The van der Waals surface area contributed by atoms with Gasteiger partial charge in [-0.1, -0.05) is 71.7 Å². The summed E-state index contributed by atoms with van der Waals surface area (Å²) < 4.78 is 75.3. The van der Waals surface area contributed by atoms with Crippen molar-refractivity contribution in [2.45, 2.75) is 51.1 Å². The third-order valence-corrected chi connectivity index (χ3v) is 11.2. The Balaban J connectivity index is 0.000000194. The number of carbonyl (C=O) groups is 2. The first-order chi connectivity index (χ1) is 23.5. The van der Waals surface area contributed by atoms with E-state index in [1.807, 2.05) is 62.4 Å². The fourth-order valence-electron chi connectivity index (χ4n) is 6.11. The maximum absolute atomic E-state index is 12.3. The number of allylic oxidation sites excluding steroid dienone is 2. The van der Waals surface area contributed by atoms with Crippen LogP contribution in [-0.2, 0) is 22.7 Å². The van der Waals surface area contributed by atoms with Crippen LogP contribution < -0.4 is 0 Å². The van der Waals surface area contributed by atoms with Crippen LogP contribution in [0.15, 0.2) is 85.0 Å². The number of alkyl halides is 6. The number of fused-ring (bicyclic) bond motifs is 2. The molecule has 50 heavy (non-hydrogen) atoms. The molecule has 2 aliphatic rings. The number of hydrogen-bond acceptors (Lipinski definition) is 4. The maximum atomic E-state index is 12.3.